The monoisotopic (exact) mass is 379 g/mol. The number of azide groups is 1. The van der Waals surface area contributed by atoms with Crippen LogP contribution in [0.3, 0.4) is 0 Å². The molecule has 0 fully saturated rings. The van der Waals surface area contributed by atoms with E-state index >= 15 is 0 Å². The van der Waals surface area contributed by atoms with Gasteiger partial charge in [-0.3, -0.25) is 0 Å². The van der Waals surface area contributed by atoms with Crippen LogP contribution in [-0.2, 0) is 12.3 Å². The van der Waals surface area contributed by atoms with E-state index in [-0.39, 0.29) is 0 Å². The summed E-state index contributed by atoms with van der Waals surface area (Å²) in [6, 6.07) is 0.727. The number of rotatable bonds is 10. The van der Waals surface area contributed by atoms with Crippen LogP contribution in [0.2, 0.25) is 65.0 Å². The van der Waals surface area contributed by atoms with Gasteiger partial charge < -0.3 is 12.3 Å². The lowest BCUT2D eigenvalue weighted by molar-refractivity contribution is 0.251. The first kappa shape index (κ1) is 22.1. The van der Waals surface area contributed by atoms with Crippen LogP contribution in [0.25, 0.3) is 10.4 Å². The topological polar surface area (TPSA) is 76.5 Å². The van der Waals surface area contributed by atoms with Crippen LogP contribution in [0, 0.1) is 0 Å². The number of hydrogen-bond donors (Lipinski definition) is 0. The molecule has 0 N–H and O–H groups in total. The van der Waals surface area contributed by atoms with E-state index in [2.05, 4.69) is 68.9 Å². The Labute approximate surface area is 139 Å². The second kappa shape index (κ2) is 8.24. The Balaban J connectivity index is 5.42. The molecule has 0 aliphatic heterocycles. The highest BCUT2D eigenvalue weighted by Gasteiger charge is 2.49. The summed E-state index contributed by atoms with van der Waals surface area (Å²) in [5.41, 5.74) is 8.45. The van der Waals surface area contributed by atoms with Gasteiger partial charge in [-0.05, 0) is 70.9 Å². The molecule has 0 bridgehead atoms. The second-order valence-corrected chi connectivity index (χ2v) is 25.4. The van der Waals surface area contributed by atoms with Crippen molar-refractivity contribution in [1.29, 1.82) is 0 Å². The van der Waals surface area contributed by atoms with Gasteiger partial charge in [0, 0.05) is 17.5 Å². The van der Waals surface area contributed by atoms with Crippen molar-refractivity contribution in [3.63, 3.8) is 0 Å². The molecular formula is C12H33N3O3Si4. The van der Waals surface area contributed by atoms with Crippen molar-refractivity contribution in [2.45, 2.75) is 71.4 Å². The quantitative estimate of drug-likeness (QED) is 0.172. The van der Waals surface area contributed by atoms with E-state index < -0.39 is 33.8 Å². The van der Waals surface area contributed by atoms with E-state index in [1.54, 1.807) is 0 Å². The maximum absolute atomic E-state index is 8.45. The summed E-state index contributed by atoms with van der Waals surface area (Å²) >= 11 is 0. The van der Waals surface area contributed by atoms with Crippen LogP contribution in [0.4, 0.5) is 0 Å². The molecule has 130 valence electrons. The highest BCUT2D eigenvalue weighted by atomic mass is 28.5. The highest BCUT2D eigenvalue weighted by molar-refractivity contribution is 6.90. The maximum Gasteiger partial charge on any atom is 0.469 e. The Morgan fingerprint density at radius 1 is 0.773 bits per heavy atom. The molecule has 0 rings (SSSR count). The fraction of sp³-hybridized carbons (Fsp3) is 1.00. The van der Waals surface area contributed by atoms with E-state index in [9.17, 15) is 0 Å². The molecule has 0 saturated heterocycles. The zero-order chi connectivity index (χ0) is 17.7. The summed E-state index contributed by atoms with van der Waals surface area (Å²) < 4.78 is 19.6. The molecule has 0 saturated carbocycles. The van der Waals surface area contributed by atoms with E-state index in [4.69, 9.17) is 17.9 Å². The van der Waals surface area contributed by atoms with Gasteiger partial charge in [0.2, 0.25) is 0 Å². The average Bonchev–Trinajstić information content (AvgIpc) is 2.16. The predicted molar refractivity (Wildman–Crippen MR) is 102 cm³/mol. The zero-order valence-corrected chi connectivity index (χ0v) is 19.7. The van der Waals surface area contributed by atoms with Crippen LogP contribution in [0.5, 0.6) is 0 Å². The van der Waals surface area contributed by atoms with Gasteiger partial charge in [0.05, 0.1) is 0 Å². The van der Waals surface area contributed by atoms with Gasteiger partial charge in [-0.2, -0.15) is 0 Å². The van der Waals surface area contributed by atoms with Gasteiger partial charge in [-0.1, -0.05) is 5.11 Å². The third kappa shape index (κ3) is 11.6. The van der Waals surface area contributed by atoms with Crippen LogP contribution >= 0.6 is 0 Å². The Bertz CT molecular complexity index is 355. The first-order valence-corrected chi connectivity index (χ1v) is 20.0. The van der Waals surface area contributed by atoms with Gasteiger partial charge in [-0.25, -0.2) is 0 Å². The van der Waals surface area contributed by atoms with Crippen LogP contribution < -0.4 is 0 Å². The Hall–Kier alpha value is 0.0575. The molecule has 0 radical (unpaired) electrons. The molecule has 6 nitrogen and oxygen atoms in total. The molecule has 0 aromatic carbocycles. The summed E-state index contributed by atoms with van der Waals surface area (Å²) in [5.74, 6) is 0. The van der Waals surface area contributed by atoms with Crippen molar-refractivity contribution >= 4 is 33.8 Å². The summed E-state index contributed by atoms with van der Waals surface area (Å²) in [6.45, 7) is 20.0. The number of hydrogen-bond acceptors (Lipinski definition) is 4. The van der Waals surface area contributed by atoms with Crippen LogP contribution in [0.15, 0.2) is 5.11 Å². The first-order chi connectivity index (χ1) is 9.68. The van der Waals surface area contributed by atoms with Crippen molar-refractivity contribution in [1.82, 2.24) is 0 Å². The first-order valence-electron chi connectivity index (χ1n) is 7.79. The van der Waals surface area contributed by atoms with Gasteiger partial charge in [0.25, 0.3) is 0 Å². The standard InChI is InChI=1S/C12H33N3O3Si4/c1-19(2,3)16-22(17-20(4,5)6,18-21(7,8)9)12-10-11-14-15-13/h10-12H2,1-9H3. The van der Waals surface area contributed by atoms with Crippen molar-refractivity contribution in [2.75, 3.05) is 6.54 Å². The van der Waals surface area contributed by atoms with E-state index in [1.165, 1.54) is 0 Å². The molecule has 0 aliphatic carbocycles. The largest absolute Gasteiger partial charge is 0.469 e. The molecule has 10 heteroatoms. The molecule has 0 aromatic heterocycles. The molecule has 22 heavy (non-hydrogen) atoms. The third-order valence-corrected chi connectivity index (χ3v) is 14.2. The highest BCUT2D eigenvalue weighted by Crippen LogP contribution is 2.29. The Kier molecular flexibility index (Phi) is 8.26. The summed E-state index contributed by atoms with van der Waals surface area (Å²) in [5, 5.41) is 3.63. The lowest BCUT2D eigenvalue weighted by atomic mass is 10.5. The average molecular weight is 380 g/mol. The van der Waals surface area contributed by atoms with Crippen molar-refractivity contribution in [3.8, 4) is 0 Å². The lowest BCUT2D eigenvalue weighted by Crippen LogP contribution is -2.60. The Morgan fingerprint density at radius 2 is 1.14 bits per heavy atom. The van der Waals surface area contributed by atoms with E-state index in [0.717, 1.165) is 12.5 Å². The molecule has 0 aliphatic rings. The Morgan fingerprint density at radius 3 is 1.41 bits per heavy atom. The van der Waals surface area contributed by atoms with E-state index in [1.807, 2.05) is 0 Å². The lowest BCUT2D eigenvalue weighted by Gasteiger charge is -2.42. The fourth-order valence-electron chi connectivity index (χ4n) is 2.03. The molecule has 0 unspecified atom stereocenters. The number of nitrogens with zero attached hydrogens (tertiary/aromatic N) is 3. The van der Waals surface area contributed by atoms with Crippen LogP contribution in [-0.4, -0.2) is 40.3 Å². The van der Waals surface area contributed by atoms with Gasteiger partial charge in [0.15, 0.2) is 25.0 Å². The van der Waals surface area contributed by atoms with Gasteiger partial charge in [0.1, 0.15) is 0 Å². The van der Waals surface area contributed by atoms with Crippen molar-refractivity contribution < 1.29 is 12.3 Å². The van der Waals surface area contributed by atoms with E-state index in [0.29, 0.717) is 6.54 Å². The smallest absolute Gasteiger partial charge is 0.417 e. The van der Waals surface area contributed by atoms with Gasteiger partial charge >= 0.3 is 8.80 Å². The normalized spacial score (nSPS) is 13.9. The van der Waals surface area contributed by atoms with Gasteiger partial charge in [-0.15, -0.1) is 0 Å². The molecule has 0 amide bonds. The minimum absolute atomic E-state index is 0.463. The van der Waals surface area contributed by atoms with Crippen molar-refractivity contribution in [2.24, 2.45) is 5.11 Å². The molecule has 0 spiro atoms. The predicted octanol–water partition coefficient (Wildman–Crippen LogP) is 5.18. The SMILES string of the molecule is C[Si](C)(C)O[Si](CCCN=[N+]=[N-])(O[Si](C)(C)C)O[Si](C)(C)C. The summed E-state index contributed by atoms with van der Waals surface area (Å²) in [6.07, 6.45) is 0.746. The van der Waals surface area contributed by atoms with Crippen LogP contribution in [0.1, 0.15) is 6.42 Å². The summed E-state index contributed by atoms with van der Waals surface area (Å²) in [7, 11) is -8.17. The minimum Gasteiger partial charge on any atom is -0.417 e. The zero-order valence-electron chi connectivity index (χ0n) is 15.7. The fourth-order valence-corrected chi connectivity index (χ4v) is 16.7. The third-order valence-electron chi connectivity index (χ3n) is 2.19. The molecular weight excluding hydrogens is 346 g/mol. The molecule has 0 aromatic rings. The maximum atomic E-state index is 8.45. The minimum atomic E-state index is -2.75. The second-order valence-electron chi connectivity index (χ2n) is 8.38. The molecule has 0 atom stereocenters. The van der Waals surface area contributed by atoms with Crippen molar-refractivity contribution in [3.05, 3.63) is 10.4 Å². The summed E-state index contributed by atoms with van der Waals surface area (Å²) in [4.78, 5) is 2.82. The molecule has 0 heterocycles.